The minimum Gasteiger partial charge on any atom is -0.368 e. The first-order valence-corrected chi connectivity index (χ1v) is 6.01. The zero-order valence-corrected chi connectivity index (χ0v) is 11.4. The number of nitrogens with zero attached hydrogens (tertiary/aromatic N) is 2. The second-order valence-electron chi connectivity index (χ2n) is 4.56. The molecular weight excluding hydrogens is 254 g/mol. The predicted octanol–water partition coefficient (Wildman–Crippen LogP) is 2.48. The van der Waals surface area contributed by atoms with E-state index in [2.05, 4.69) is 16.7 Å². The molecule has 1 aromatic heterocycles. The van der Waals surface area contributed by atoms with E-state index in [1.807, 2.05) is 13.0 Å². The molecule has 18 heavy (non-hydrogen) atoms. The molecule has 0 aliphatic heterocycles. The standard InChI is InChI=1S/C12H19N3O2.ClH/c1-3-4-8-16-9(2)10-14-11(15-17-10)12(13)6-5-7-12;/h3,9H,1,4-8,13H2,2H3;1H. The summed E-state index contributed by atoms with van der Waals surface area (Å²) < 4.78 is 10.7. The van der Waals surface area contributed by atoms with Gasteiger partial charge in [-0.1, -0.05) is 11.2 Å². The molecule has 1 aromatic rings. The lowest BCUT2D eigenvalue weighted by molar-refractivity contribution is 0.0459. The van der Waals surface area contributed by atoms with Crippen molar-refractivity contribution in [3.05, 3.63) is 24.4 Å². The Kier molecular flexibility index (Phi) is 5.31. The summed E-state index contributed by atoms with van der Waals surface area (Å²) >= 11 is 0. The molecule has 2 rings (SSSR count). The zero-order chi connectivity index (χ0) is 12.3. The molecule has 1 aliphatic rings. The van der Waals surface area contributed by atoms with Crippen LogP contribution in [0.25, 0.3) is 0 Å². The molecule has 0 amide bonds. The van der Waals surface area contributed by atoms with Gasteiger partial charge < -0.3 is 15.0 Å². The summed E-state index contributed by atoms with van der Waals surface area (Å²) in [7, 11) is 0. The summed E-state index contributed by atoms with van der Waals surface area (Å²) in [6.45, 7) is 6.14. The number of hydrogen-bond donors (Lipinski definition) is 1. The van der Waals surface area contributed by atoms with Crippen molar-refractivity contribution in [2.45, 2.75) is 44.2 Å². The molecule has 1 heterocycles. The molecule has 1 atom stereocenters. The third-order valence-electron chi connectivity index (χ3n) is 3.17. The lowest BCUT2D eigenvalue weighted by Crippen LogP contribution is -2.44. The van der Waals surface area contributed by atoms with Crippen LogP contribution in [0.2, 0.25) is 0 Å². The topological polar surface area (TPSA) is 74.2 Å². The SMILES string of the molecule is C=CCCOC(C)c1nc(C2(N)CCC2)no1.Cl. The van der Waals surface area contributed by atoms with E-state index in [4.69, 9.17) is 15.0 Å². The van der Waals surface area contributed by atoms with Crippen molar-refractivity contribution >= 4 is 12.4 Å². The zero-order valence-electron chi connectivity index (χ0n) is 10.6. The molecule has 0 radical (unpaired) electrons. The largest absolute Gasteiger partial charge is 0.368 e. The maximum atomic E-state index is 6.12. The number of nitrogens with two attached hydrogens (primary N) is 1. The van der Waals surface area contributed by atoms with Gasteiger partial charge in [0.25, 0.3) is 5.89 Å². The van der Waals surface area contributed by atoms with E-state index in [0.717, 1.165) is 25.7 Å². The van der Waals surface area contributed by atoms with Crippen LogP contribution in [-0.2, 0) is 10.3 Å². The van der Waals surface area contributed by atoms with Gasteiger partial charge in [-0.3, -0.25) is 0 Å². The van der Waals surface area contributed by atoms with Gasteiger partial charge in [-0.15, -0.1) is 19.0 Å². The van der Waals surface area contributed by atoms with Crippen molar-refractivity contribution < 1.29 is 9.26 Å². The molecule has 0 spiro atoms. The number of rotatable bonds is 6. The smallest absolute Gasteiger partial charge is 0.255 e. The van der Waals surface area contributed by atoms with Crippen LogP contribution in [-0.4, -0.2) is 16.7 Å². The number of aromatic nitrogens is 2. The van der Waals surface area contributed by atoms with Crippen LogP contribution in [0.4, 0.5) is 0 Å². The summed E-state index contributed by atoms with van der Waals surface area (Å²) in [6, 6.07) is 0. The molecule has 0 aromatic carbocycles. The molecule has 0 saturated heterocycles. The fourth-order valence-corrected chi connectivity index (χ4v) is 1.78. The Balaban J connectivity index is 0.00000162. The van der Waals surface area contributed by atoms with Gasteiger partial charge in [0.2, 0.25) is 0 Å². The fourth-order valence-electron chi connectivity index (χ4n) is 1.78. The van der Waals surface area contributed by atoms with Crippen molar-refractivity contribution in [2.24, 2.45) is 5.73 Å². The van der Waals surface area contributed by atoms with Gasteiger partial charge in [0, 0.05) is 0 Å². The quantitative estimate of drug-likeness (QED) is 0.637. The van der Waals surface area contributed by atoms with E-state index in [9.17, 15) is 0 Å². The van der Waals surface area contributed by atoms with Gasteiger partial charge in [-0.05, 0) is 32.6 Å². The van der Waals surface area contributed by atoms with Crippen LogP contribution in [0.1, 0.15) is 50.4 Å². The van der Waals surface area contributed by atoms with E-state index < -0.39 is 0 Å². The summed E-state index contributed by atoms with van der Waals surface area (Å²) in [6.07, 6.45) is 5.42. The van der Waals surface area contributed by atoms with Crippen LogP contribution < -0.4 is 5.73 Å². The maximum absolute atomic E-state index is 6.12. The Morgan fingerprint density at radius 1 is 1.61 bits per heavy atom. The van der Waals surface area contributed by atoms with Crippen molar-refractivity contribution in [1.82, 2.24) is 10.1 Å². The van der Waals surface area contributed by atoms with Gasteiger partial charge in [-0.2, -0.15) is 4.98 Å². The summed E-state index contributed by atoms with van der Waals surface area (Å²) in [4.78, 5) is 4.33. The van der Waals surface area contributed by atoms with E-state index >= 15 is 0 Å². The molecule has 1 unspecified atom stereocenters. The Labute approximate surface area is 113 Å². The molecule has 0 bridgehead atoms. The van der Waals surface area contributed by atoms with Crippen LogP contribution in [0.15, 0.2) is 17.2 Å². The fraction of sp³-hybridized carbons (Fsp3) is 0.667. The van der Waals surface area contributed by atoms with Crippen LogP contribution >= 0.6 is 12.4 Å². The van der Waals surface area contributed by atoms with E-state index in [-0.39, 0.29) is 24.0 Å². The van der Waals surface area contributed by atoms with Crippen molar-refractivity contribution in [2.75, 3.05) is 6.61 Å². The van der Waals surface area contributed by atoms with Gasteiger partial charge >= 0.3 is 0 Å². The highest BCUT2D eigenvalue weighted by molar-refractivity contribution is 5.85. The molecule has 6 heteroatoms. The average Bonchev–Trinajstić information content (AvgIpc) is 2.75. The minimum atomic E-state index is -0.372. The average molecular weight is 274 g/mol. The number of ether oxygens (including phenoxy) is 1. The second kappa shape index (κ2) is 6.31. The van der Waals surface area contributed by atoms with Gasteiger partial charge in [-0.25, -0.2) is 0 Å². The molecular formula is C12H20ClN3O2. The number of hydrogen-bond acceptors (Lipinski definition) is 5. The van der Waals surface area contributed by atoms with Crippen LogP contribution in [0.3, 0.4) is 0 Å². The Morgan fingerprint density at radius 3 is 2.89 bits per heavy atom. The summed E-state index contributed by atoms with van der Waals surface area (Å²) in [5.41, 5.74) is 5.75. The monoisotopic (exact) mass is 273 g/mol. The second-order valence-corrected chi connectivity index (χ2v) is 4.56. The molecule has 5 nitrogen and oxygen atoms in total. The first-order valence-electron chi connectivity index (χ1n) is 6.01. The molecule has 1 fully saturated rings. The highest BCUT2D eigenvalue weighted by Gasteiger charge is 2.39. The van der Waals surface area contributed by atoms with Gasteiger partial charge in [0.1, 0.15) is 6.10 Å². The highest BCUT2D eigenvalue weighted by atomic mass is 35.5. The normalized spacial score (nSPS) is 18.6. The summed E-state index contributed by atoms with van der Waals surface area (Å²) in [5, 5.41) is 3.95. The van der Waals surface area contributed by atoms with E-state index in [1.165, 1.54) is 0 Å². The van der Waals surface area contributed by atoms with Crippen molar-refractivity contribution in [3.8, 4) is 0 Å². The lowest BCUT2D eigenvalue weighted by Gasteiger charge is -2.34. The van der Waals surface area contributed by atoms with Gasteiger partial charge in [0.15, 0.2) is 5.82 Å². The number of halogens is 1. The first-order chi connectivity index (χ1) is 8.15. The molecule has 102 valence electrons. The van der Waals surface area contributed by atoms with Crippen LogP contribution in [0.5, 0.6) is 0 Å². The molecule has 2 N–H and O–H groups in total. The molecule has 1 aliphatic carbocycles. The van der Waals surface area contributed by atoms with Crippen molar-refractivity contribution in [1.29, 1.82) is 0 Å². The Hall–Kier alpha value is -0.910. The Bertz CT molecular complexity index is 390. The third kappa shape index (κ3) is 3.10. The maximum Gasteiger partial charge on any atom is 0.255 e. The van der Waals surface area contributed by atoms with E-state index in [1.54, 1.807) is 0 Å². The van der Waals surface area contributed by atoms with E-state index in [0.29, 0.717) is 18.3 Å². The Morgan fingerprint density at radius 2 is 2.33 bits per heavy atom. The highest BCUT2D eigenvalue weighted by Crippen LogP contribution is 2.37. The van der Waals surface area contributed by atoms with Crippen LogP contribution in [0, 0.1) is 0 Å². The van der Waals surface area contributed by atoms with Crippen molar-refractivity contribution in [3.63, 3.8) is 0 Å². The third-order valence-corrected chi connectivity index (χ3v) is 3.17. The minimum absolute atomic E-state index is 0. The predicted molar refractivity (Wildman–Crippen MR) is 70.4 cm³/mol. The summed E-state index contributed by atoms with van der Waals surface area (Å²) in [5.74, 6) is 1.11. The van der Waals surface area contributed by atoms with Gasteiger partial charge in [0.05, 0.1) is 12.1 Å². The lowest BCUT2D eigenvalue weighted by atomic mass is 9.77. The molecule has 1 saturated carbocycles. The first kappa shape index (κ1) is 15.1.